The summed E-state index contributed by atoms with van der Waals surface area (Å²) in [6.45, 7) is 3.32. The second kappa shape index (κ2) is 4.47. The summed E-state index contributed by atoms with van der Waals surface area (Å²) in [5, 5.41) is 3.69. The molecule has 4 heteroatoms. The summed E-state index contributed by atoms with van der Waals surface area (Å²) < 4.78 is 0. The van der Waals surface area contributed by atoms with E-state index >= 15 is 0 Å². The van der Waals surface area contributed by atoms with Crippen LogP contribution >= 0.6 is 0 Å². The Labute approximate surface area is 96.1 Å². The van der Waals surface area contributed by atoms with Gasteiger partial charge in [-0.25, -0.2) is 9.97 Å². The molecule has 1 saturated heterocycles. The monoisotopic (exact) mass is 218 g/mol. The maximum atomic E-state index is 4.27. The highest BCUT2D eigenvalue weighted by Gasteiger charge is 2.29. The number of hydrogen-bond acceptors (Lipinski definition) is 4. The van der Waals surface area contributed by atoms with Crippen LogP contribution in [-0.4, -0.2) is 40.0 Å². The number of hydrogen-bond donors (Lipinski definition) is 1. The van der Waals surface area contributed by atoms with Gasteiger partial charge in [0, 0.05) is 37.9 Å². The van der Waals surface area contributed by atoms with Gasteiger partial charge in [0.05, 0.1) is 5.69 Å². The van der Waals surface area contributed by atoms with Crippen LogP contribution in [0, 0.1) is 0 Å². The van der Waals surface area contributed by atoms with Crippen molar-refractivity contribution in [2.24, 2.45) is 0 Å². The lowest BCUT2D eigenvalue weighted by Gasteiger charge is -2.15. The number of likely N-dealkylation sites (tertiary alicyclic amines) is 1. The van der Waals surface area contributed by atoms with E-state index in [4.69, 9.17) is 0 Å². The number of rotatable bonds is 4. The van der Waals surface area contributed by atoms with Gasteiger partial charge in [0.25, 0.3) is 0 Å². The molecule has 1 saturated carbocycles. The van der Waals surface area contributed by atoms with Gasteiger partial charge < -0.3 is 5.32 Å². The molecule has 86 valence electrons. The maximum Gasteiger partial charge on any atom is 0.115 e. The van der Waals surface area contributed by atoms with Crippen LogP contribution < -0.4 is 5.32 Å². The second-order valence-corrected chi connectivity index (χ2v) is 4.86. The van der Waals surface area contributed by atoms with Crippen molar-refractivity contribution >= 4 is 0 Å². The highest BCUT2D eigenvalue weighted by atomic mass is 15.2. The molecule has 4 nitrogen and oxygen atoms in total. The largest absolute Gasteiger partial charge is 0.310 e. The smallest absolute Gasteiger partial charge is 0.115 e. The molecule has 0 spiro atoms. The molecule has 1 aliphatic carbocycles. The number of aromatic nitrogens is 2. The molecule has 0 amide bonds. The summed E-state index contributed by atoms with van der Waals surface area (Å²) in [4.78, 5) is 10.7. The van der Waals surface area contributed by atoms with Crippen molar-refractivity contribution in [1.29, 1.82) is 0 Å². The Kier molecular flexibility index (Phi) is 2.84. The maximum absolute atomic E-state index is 4.27. The van der Waals surface area contributed by atoms with Crippen LogP contribution in [-0.2, 0) is 6.54 Å². The molecule has 1 N–H and O–H groups in total. The lowest BCUT2D eigenvalue weighted by Crippen LogP contribution is -2.33. The van der Waals surface area contributed by atoms with Crippen LogP contribution in [0.5, 0.6) is 0 Å². The minimum Gasteiger partial charge on any atom is -0.310 e. The van der Waals surface area contributed by atoms with Gasteiger partial charge in [-0.1, -0.05) is 0 Å². The van der Waals surface area contributed by atoms with Gasteiger partial charge in [0.15, 0.2) is 0 Å². The van der Waals surface area contributed by atoms with E-state index in [2.05, 4.69) is 20.2 Å². The fraction of sp³-hybridized carbons (Fsp3) is 0.667. The molecule has 3 rings (SSSR count). The zero-order valence-electron chi connectivity index (χ0n) is 9.47. The molecule has 0 aromatic carbocycles. The van der Waals surface area contributed by atoms with E-state index in [1.54, 1.807) is 6.33 Å². The lowest BCUT2D eigenvalue weighted by atomic mass is 10.2. The van der Waals surface area contributed by atoms with Gasteiger partial charge >= 0.3 is 0 Å². The Morgan fingerprint density at radius 2 is 2.25 bits per heavy atom. The zero-order valence-corrected chi connectivity index (χ0v) is 9.47. The average Bonchev–Trinajstić information content (AvgIpc) is 3.01. The molecule has 1 aromatic heterocycles. The van der Waals surface area contributed by atoms with Crippen molar-refractivity contribution in [1.82, 2.24) is 20.2 Å². The zero-order chi connectivity index (χ0) is 10.8. The fourth-order valence-electron chi connectivity index (χ4n) is 2.34. The van der Waals surface area contributed by atoms with Gasteiger partial charge in [-0.3, -0.25) is 4.90 Å². The third kappa shape index (κ3) is 2.57. The van der Waals surface area contributed by atoms with Gasteiger partial charge in [-0.15, -0.1) is 0 Å². The van der Waals surface area contributed by atoms with Crippen molar-refractivity contribution in [2.75, 3.05) is 13.1 Å². The Morgan fingerprint density at radius 3 is 3.00 bits per heavy atom. The number of nitrogens with zero attached hydrogens (tertiary/aromatic N) is 3. The topological polar surface area (TPSA) is 41.0 Å². The van der Waals surface area contributed by atoms with E-state index in [1.807, 2.05) is 12.3 Å². The van der Waals surface area contributed by atoms with Crippen molar-refractivity contribution in [3.63, 3.8) is 0 Å². The Hall–Kier alpha value is -1.00. The SMILES string of the molecule is c1cc(CN2CCC(NC3CC3)C2)ncn1. The van der Waals surface area contributed by atoms with E-state index < -0.39 is 0 Å². The predicted molar refractivity (Wildman–Crippen MR) is 61.9 cm³/mol. The predicted octanol–water partition coefficient (Wildman–Crippen LogP) is 0.803. The third-order valence-corrected chi connectivity index (χ3v) is 3.35. The average molecular weight is 218 g/mol. The van der Waals surface area contributed by atoms with E-state index in [0.717, 1.165) is 18.3 Å². The summed E-state index contributed by atoms with van der Waals surface area (Å²) in [7, 11) is 0. The first-order chi connectivity index (χ1) is 7.90. The summed E-state index contributed by atoms with van der Waals surface area (Å²) in [6.07, 6.45) is 7.48. The minimum absolute atomic E-state index is 0.703. The Balaban J connectivity index is 1.49. The molecule has 2 fully saturated rings. The van der Waals surface area contributed by atoms with Gasteiger partial charge in [-0.2, -0.15) is 0 Å². The molecule has 1 atom stereocenters. The van der Waals surface area contributed by atoms with Crippen LogP contribution in [0.25, 0.3) is 0 Å². The Morgan fingerprint density at radius 1 is 1.31 bits per heavy atom. The van der Waals surface area contributed by atoms with Gasteiger partial charge in [-0.05, 0) is 25.3 Å². The van der Waals surface area contributed by atoms with Crippen LogP contribution in [0.4, 0.5) is 0 Å². The van der Waals surface area contributed by atoms with Crippen LogP contribution in [0.3, 0.4) is 0 Å². The van der Waals surface area contributed by atoms with Crippen molar-refractivity contribution < 1.29 is 0 Å². The van der Waals surface area contributed by atoms with E-state index in [1.165, 1.54) is 32.4 Å². The molecule has 0 radical (unpaired) electrons. The molecule has 16 heavy (non-hydrogen) atoms. The highest BCUT2D eigenvalue weighted by molar-refractivity contribution is 4.99. The standard InChI is InChI=1S/C12H18N4/c1-2-10(1)15-12-4-6-16(8-12)7-11-3-5-13-9-14-11/h3,5,9-10,12,15H,1-2,4,6-8H2. The van der Waals surface area contributed by atoms with Crippen molar-refractivity contribution in [2.45, 2.75) is 37.9 Å². The summed E-state index contributed by atoms with van der Waals surface area (Å²) in [6, 6.07) is 3.53. The lowest BCUT2D eigenvalue weighted by molar-refractivity contribution is 0.315. The highest BCUT2D eigenvalue weighted by Crippen LogP contribution is 2.22. The molecule has 0 bridgehead atoms. The van der Waals surface area contributed by atoms with E-state index in [9.17, 15) is 0 Å². The van der Waals surface area contributed by atoms with Crippen LogP contribution in [0.15, 0.2) is 18.6 Å². The Bertz CT molecular complexity index is 336. The minimum atomic E-state index is 0.703. The molecule has 2 heterocycles. The molecule has 1 aromatic rings. The van der Waals surface area contributed by atoms with Gasteiger partial charge in [0.2, 0.25) is 0 Å². The summed E-state index contributed by atoms with van der Waals surface area (Å²) >= 11 is 0. The first-order valence-electron chi connectivity index (χ1n) is 6.13. The van der Waals surface area contributed by atoms with Crippen molar-refractivity contribution in [3.8, 4) is 0 Å². The molecule has 2 aliphatic rings. The van der Waals surface area contributed by atoms with E-state index in [0.29, 0.717) is 6.04 Å². The molecule has 1 aliphatic heterocycles. The quantitative estimate of drug-likeness (QED) is 0.811. The molecular weight excluding hydrogens is 200 g/mol. The second-order valence-electron chi connectivity index (χ2n) is 4.86. The molecule has 1 unspecified atom stereocenters. The van der Waals surface area contributed by atoms with E-state index in [-0.39, 0.29) is 0 Å². The van der Waals surface area contributed by atoms with Crippen molar-refractivity contribution in [3.05, 3.63) is 24.3 Å². The van der Waals surface area contributed by atoms with Crippen LogP contribution in [0.2, 0.25) is 0 Å². The van der Waals surface area contributed by atoms with Crippen LogP contribution in [0.1, 0.15) is 25.0 Å². The molecular formula is C12H18N4. The number of nitrogens with one attached hydrogen (secondary N) is 1. The normalized spacial score (nSPS) is 26.1. The summed E-state index contributed by atoms with van der Waals surface area (Å²) in [5.74, 6) is 0. The summed E-state index contributed by atoms with van der Waals surface area (Å²) in [5.41, 5.74) is 1.13. The fourth-order valence-corrected chi connectivity index (χ4v) is 2.34. The first kappa shape index (κ1) is 10.2. The first-order valence-corrected chi connectivity index (χ1v) is 6.13. The van der Waals surface area contributed by atoms with Gasteiger partial charge in [0.1, 0.15) is 6.33 Å². The third-order valence-electron chi connectivity index (χ3n) is 3.35.